The number of imidazole rings is 1. The molecule has 0 unspecified atom stereocenters. The quantitative estimate of drug-likeness (QED) is 0.150. The van der Waals surface area contributed by atoms with E-state index in [-0.39, 0.29) is 48.9 Å². The second-order valence-electron chi connectivity index (χ2n) is 15.1. The van der Waals surface area contributed by atoms with E-state index in [0.717, 1.165) is 38.9 Å². The molecule has 0 N–H and O–H groups in total. The van der Waals surface area contributed by atoms with Gasteiger partial charge in [-0.05, 0) is 94.0 Å². The average Bonchev–Trinajstić information content (AvgIpc) is 3.83. The molecule has 293 valence electrons. The Hall–Kier alpha value is -5.68. The van der Waals surface area contributed by atoms with Gasteiger partial charge in [-0.1, -0.05) is 113 Å². The number of nitrogens with zero attached hydrogens (tertiary/aromatic N) is 3. The van der Waals surface area contributed by atoms with Crippen LogP contribution in [0.3, 0.4) is 0 Å². The smallest absolute Gasteiger partial charge is 0.165 e. The van der Waals surface area contributed by atoms with Crippen molar-refractivity contribution in [2.75, 3.05) is 0 Å². The minimum Gasteiger partial charge on any atom is -0.497 e. The summed E-state index contributed by atoms with van der Waals surface area (Å²) in [6.45, 7) is 10.1. The van der Waals surface area contributed by atoms with Gasteiger partial charge in [0.25, 0.3) is 0 Å². The topological polar surface area (TPSA) is 43.9 Å². The first-order valence-electron chi connectivity index (χ1n) is 21.3. The molecule has 0 aliphatic carbocycles. The molecule has 58 heavy (non-hydrogen) atoms. The first-order valence-corrected chi connectivity index (χ1v) is 19.3. The van der Waals surface area contributed by atoms with Gasteiger partial charge >= 0.3 is 0 Å². The molecule has 0 aliphatic rings. The zero-order valence-corrected chi connectivity index (χ0v) is 35.7. The SMILES string of the molecule is CC(C)c1cc(-c2ccccc2)cc(C(C)C)c1-n1c(-c2[c-]ccc3c2oc2c(F)cccc23)nc2ccccc21.[2H]C([2H])([2H])c1cnc(-c2[c-]cccc2)cc1C([2H])(C)C.[Ir]. The Bertz CT molecular complexity index is 2990. The first-order chi connectivity index (χ1) is 29.1. The molecule has 0 atom stereocenters. The van der Waals surface area contributed by atoms with Crippen LogP contribution in [-0.4, -0.2) is 14.5 Å². The molecule has 4 nitrogen and oxygen atoms in total. The van der Waals surface area contributed by atoms with Gasteiger partial charge in [0.1, 0.15) is 0 Å². The molecule has 3 heterocycles. The van der Waals surface area contributed by atoms with E-state index >= 15 is 0 Å². The molecule has 0 saturated heterocycles. The fourth-order valence-corrected chi connectivity index (χ4v) is 7.50. The molecule has 1 radical (unpaired) electrons. The molecule has 0 amide bonds. The van der Waals surface area contributed by atoms with Crippen LogP contribution >= 0.6 is 0 Å². The molecule has 6 heteroatoms. The molecule has 6 aromatic carbocycles. The van der Waals surface area contributed by atoms with Crippen molar-refractivity contribution in [2.45, 2.75) is 66.1 Å². The van der Waals surface area contributed by atoms with Crippen LogP contribution in [0.4, 0.5) is 4.39 Å². The summed E-state index contributed by atoms with van der Waals surface area (Å²) in [5.74, 6) is -0.150. The molecule has 0 bridgehead atoms. The van der Waals surface area contributed by atoms with Crippen LogP contribution in [0.1, 0.15) is 87.0 Å². The number of pyridine rings is 1. The van der Waals surface area contributed by atoms with E-state index in [1.54, 1.807) is 32.0 Å². The van der Waals surface area contributed by atoms with Crippen molar-refractivity contribution in [3.05, 3.63) is 174 Å². The Balaban J connectivity index is 0.000000233. The third-order valence-electron chi connectivity index (χ3n) is 10.4. The molecule has 9 rings (SSSR count). The maximum Gasteiger partial charge on any atom is 0.165 e. The number of halogens is 1. The van der Waals surface area contributed by atoms with Crippen molar-refractivity contribution < 1.29 is 34.4 Å². The van der Waals surface area contributed by atoms with Crippen molar-refractivity contribution in [3.63, 3.8) is 0 Å². The summed E-state index contributed by atoms with van der Waals surface area (Å²) in [5, 5.41) is 1.59. The van der Waals surface area contributed by atoms with E-state index in [1.807, 2.05) is 54.6 Å². The zero-order valence-electron chi connectivity index (χ0n) is 37.3. The van der Waals surface area contributed by atoms with E-state index in [4.69, 9.17) is 14.9 Å². The molecule has 0 aliphatic heterocycles. The van der Waals surface area contributed by atoms with Gasteiger partial charge in [-0.15, -0.1) is 54.1 Å². The summed E-state index contributed by atoms with van der Waals surface area (Å²) in [6.07, 6.45) is 1.36. The third kappa shape index (κ3) is 7.67. The van der Waals surface area contributed by atoms with E-state index in [0.29, 0.717) is 22.4 Å². The largest absolute Gasteiger partial charge is 0.497 e. The van der Waals surface area contributed by atoms with Crippen LogP contribution in [0.5, 0.6) is 0 Å². The number of fused-ring (bicyclic) bond motifs is 4. The Labute approximate surface area is 359 Å². The van der Waals surface area contributed by atoms with Crippen LogP contribution in [0, 0.1) is 24.8 Å². The molecule has 0 saturated carbocycles. The van der Waals surface area contributed by atoms with Crippen LogP contribution in [0.15, 0.2) is 138 Å². The Morgan fingerprint density at radius 1 is 0.707 bits per heavy atom. The van der Waals surface area contributed by atoms with Gasteiger partial charge in [0.05, 0.1) is 22.4 Å². The Morgan fingerprint density at radius 2 is 1.41 bits per heavy atom. The van der Waals surface area contributed by atoms with Crippen molar-refractivity contribution >= 4 is 33.0 Å². The van der Waals surface area contributed by atoms with Crippen LogP contribution in [-0.2, 0) is 20.1 Å². The summed E-state index contributed by atoms with van der Waals surface area (Å²) in [4.78, 5) is 9.38. The van der Waals surface area contributed by atoms with Crippen molar-refractivity contribution in [1.82, 2.24) is 14.5 Å². The van der Waals surface area contributed by atoms with Gasteiger partial charge in [0.2, 0.25) is 0 Å². The molecular formula is C52H46FIrN3O-2. The Kier molecular flexibility index (Phi) is 10.4. The van der Waals surface area contributed by atoms with E-state index in [9.17, 15) is 4.39 Å². The summed E-state index contributed by atoms with van der Waals surface area (Å²) >= 11 is 0. The second kappa shape index (κ2) is 17.0. The number of hydrogen-bond donors (Lipinski definition) is 0. The maximum absolute atomic E-state index is 14.8. The molecule has 3 aromatic heterocycles. The van der Waals surface area contributed by atoms with Crippen LogP contribution in [0.2, 0.25) is 0 Å². The molecule has 9 aromatic rings. The van der Waals surface area contributed by atoms with Crippen LogP contribution in [0.25, 0.3) is 72.4 Å². The minimum absolute atomic E-state index is 0. The number of rotatable bonds is 7. The van der Waals surface area contributed by atoms with Gasteiger partial charge < -0.3 is 14.0 Å². The van der Waals surface area contributed by atoms with Crippen molar-refractivity contribution in [2.24, 2.45) is 0 Å². The number of para-hydroxylation sites is 3. The summed E-state index contributed by atoms with van der Waals surface area (Å²) in [6, 6.07) is 47.8. The van der Waals surface area contributed by atoms with Gasteiger partial charge in [-0.2, -0.15) is 0 Å². The normalized spacial score (nSPS) is 12.8. The number of hydrogen-bond acceptors (Lipinski definition) is 3. The average molecular weight is 944 g/mol. The fourth-order valence-electron chi connectivity index (χ4n) is 7.50. The zero-order chi connectivity index (χ0) is 43.2. The van der Waals surface area contributed by atoms with E-state index in [1.165, 1.54) is 34.5 Å². The van der Waals surface area contributed by atoms with E-state index in [2.05, 4.69) is 97.9 Å². The predicted octanol–water partition coefficient (Wildman–Crippen LogP) is 14.4. The first kappa shape index (κ1) is 35.5. The van der Waals surface area contributed by atoms with Crippen LogP contribution < -0.4 is 0 Å². The van der Waals surface area contributed by atoms with Gasteiger partial charge in [0, 0.05) is 42.9 Å². The summed E-state index contributed by atoms with van der Waals surface area (Å²) in [5.41, 5.74) is 11.5. The molecule has 0 spiro atoms. The van der Waals surface area contributed by atoms with Gasteiger partial charge in [0.15, 0.2) is 11.4 Å². The predicted molar refractivity (Wildman–Crippen MR) is 234 cm³/mol. The van der Waals surface area contributed by atoms with E-state index < -0.39 is 12.7 Å². The summed E-state index contributed by atoms with van der Waals surface area (Å²) in [7, 11) is 0. The Morgan fingerprint density at radius 3 is 2.10 bits per heavy atom. The maximum atomic E-state index is 14.8. The number of furan rings is 1. The van der Waals surface area contributed by atoms with Gasteiger partial charge in [-0.25, -0.2) is 4.39 Å². The van der Waals surface area contributed by atoms with Gasteiger partial charge in [-0.3, -0.25) is 4.98 Å². The number of benzene rings is 6. The second-order valence-corrected chi connectivity index (χ2v) is 15.1. The van der Waals surface area contributed by atoms with Crippen molar-refractivity contribution in [1.29, 1.82) is 0 Å². The minimum atomic E-state index is -2.26. The summed E-state index contributed by atoms with van der Waals surface area (Å²) < 4.78 is 54.2. The monoisotopic (exact) mass is 944 g/mol. The molecular weight excluding hydrogens is 894 g/mol. The molecule has 0 fully saturated rings. The third-order valence-corrected chi connectivity index (χ3v) is 10.4. The standard InChI is InChI=1S/C37H30FN2O.C15H16N.Ir/c1-22(2)29-20-25(24-12-6-5-7-13-24)21-30(23(3)4)34(29)40-33-19-9-8-18-32(33)39-37(40)28-16-10-14-26-27-15-11-17-31(38)36(27)41-35(26)28;1-11(2)14-9-15(16-10-12(14)3)13-7-5-4-6-8-13;/h5-15,17-23H,1-4H3;4-7,9-11H,1-3H3;/q2*-1;/i;3D3,11D;. The number of aromatic nitrogens is 3. The fraction of sp³-hybridized carbons (Fsp3) is 0.192. The number of aryl methyl sites for hydroxylation is 1. The van der Waals surface area contributed by atoms with Crippen molar-refractivity contribution in [3.8, 4) is 39.5 Å².